The molecule has 0 aliphatic heterocycles. The number of methoxy groups -OCH3 is 1. The standard InChI is InChI=1S/C26H37NO4S/c1-17-6-8-18(9-7-17)24(29)27(19-10-12-20(28)13-11-19)22-16-21(14-15-26(2,3)4)32-23(22)25(30)31-5/h16-20,28H,6-13H2,1-5H3/i20D. The van der Waals surface area contributed by atoms with E-state index in [9.17, 15) is 14.7 Å². The molecule has 1 N–H and O–H groups in total. The Morgan fingerprint density at radius 2 is 1.78 bits per heavy atom. The second kappa shape index (κ2) is 10.4. The van der Waals surface area contributed by atoms with Crippen LogP contribution in [0.1, 0.15) is 95.0 Å². The molecular weight excluding hydrogens is 422 g/mol. The van der Waals surface area contributed by atoms with Crippen molar-refractivity contribution in [2.75, 3.05) is 12.0 Å². The van der Waals surface area contributed by atoms with E-state index in [1.807, 2.05) is 26.8 Å². The first-order chi connectivity index (χ1) is 15.4. The molecule has 0 radical (unpaired) electrons. The smallest absolute Gasteiger partial charge is 0.350 e. The Bertz CT molecular complexity index is 918. The Labute approximate surface area is 197 Å². The Morgan fingerprint density at radius 3 is 2.34 bits per heavy atom. The zero-order chi connectivity index (χ0) is 24.4. The van der Waals surface area contributed by atoms with E-state index in [1.165, 1.54) is 18.4 Å². The summed E-state index contributed by atoms with van der Waals surface area (Å²) in [6.07, 6.45) is 3.95. The van der Waals surface area contributed by atoms with E-state index in [0.29, 0.717) is 42.2 Å². The fourth-order valence-electron chi connectivity index (χ4n) is 4.50. The zero-order valence-corrected chi connectivity index (χ0v) is 20.8. The first-order valence-corrected chi connectivity index (χ1v) is 12.5. The number of ether oxygens (including phenoxy) is 1. The number of aliphatic hydroxyl groups is 1. The minimum atomic E-state index is -1.45. The molecule has 0 saturated heterocycles. The fraction of sp³-hybridized carbons (Fsp3) is 0.692. The first-order valence-electron chi connectivity index (χ1n) is 12.2. The van der Waals surface area contributed by atoms with Crippen LogP contribution in [-0.4, -0.2) is 36.2 Å². The van der Waals surface area contributed by atoms with Gasteiger partial charge in [0.2, 0.25) is 5.91 Å². The minimum Gasteiger partial charge on any atom is -0.465 e. The largest absolute Gasteiger partial charge is 0.465 e. The van der Waals surface area contributed by atoms with Crippen LogP contribution >= 0.6 is 11.3 Å². The Hall–Kier alpha value is -1.84. The first kappa shape index (κ1) is 23.3. The number of hydrogen-bond acceptors (Lipinski definition) is 5. The van der Waals surface area contributed by atoms with Crippen LogP contribution in [0.2, 0.25) is 0 Å². The van der Waals surface area contributed by atoms with Gasteiger partial charge >= 0.3 is 5.97 Å². The van der Waals surface area contributed by atoms with Crippen molar-refractivity contribution in [2.24, 2.45) is 17.3 Å². The van der Waals surface area contributed by atoms with Gasteiger partial charge in [0.1, 0.15) is 4.88 Å². The third kappa shape index (κ3) is 6.14. The third-order valence-corrected chi connectivity index (χ3v) is 7.42. The van der Waals surface area contributed by atoms with Gasteiger partial charge in [0.25, 0.3) is 0 Å². The van der Waals surface area contributed by atoms with Gasteiger partial charge in [-0.05, 0) is 84.1 Å². The van der Waals surface area contributed by atoms with Gasteiger partial charge in [-0.25, -0.2) is 4.79 Å². The average Bonchev–Trinajstić information content (AvgIpc) is 3.17. The molecule has 2 saturated carbocycles. The molecule has 32 heavy (non-hydrogen) atoms. The quantitative estimate of drug-likeness (QED) is 0.483. The number of nitrogens with zero attached hydrogens (tertiary/aromatic N) is 1. The average molecular weight is 461 g/mol. The van der Waals surface area contributed by atoms with Crippen LogP contribution in [0.5, 0.6) is 0 Å². The van der Waals surface area contributed by atoms with Crippen molar-refractivity contribution in [3.05, 3.63) is 15.8 Å². The van der Waals surface area contributed by atoms with Gasteiger partial charge in [-0.3, -0.25) is 4.79 Å². The van der Waals surface area contributed by atoms with E-state index < -0.39 is 12.0 Å². The van der Waals surface area contributed by atoms with Crippen molar-refractivity contribution in [3.63, 3.8) is 0 Å². The highest BCUT2D eigenvalue weighted by Gasteiger charge is 2.37. The molecule has 2 aliphatic rings. The summed E-state index contributed by atoms with van der Waals surface area (Å²) in [5, 5.41) is 10.2. The maximum atomic E-state index is 13.9. The molecule has 0 unspecified atom stereocenters. The highest BCUT2D eigenvalue weighted by atomic mass is 32.1. The summed E-state index contributed by atoms with van der Waals surface area (Å²) in [6, 6.07) is 1.68. The highest BCUT2D eigenvalue weighted by Crippen LogP contribution is 2.39. The monoisotopic (exact) mass is 460 g/mol. The topological polar surface area (TPSA) is 66.8 Å². The molecule has 2 fully saturated rings. The van der Waals surface area contributed by atoms with Gasteiger partial charge in [0.15, 0.2) is 0 Å². The second-order valence-electron chi connectivity index (χ2n) is 10.3. The van der Waals surface area contributed by atoms with E-state index in [2.05, 4.69) is 18.8 Å². The molecule has 5 nitrogen and oxygen atoms in total. The SMILES string of the molecule is [2H]C1(O)CCC(N(C(=O)C2CCC(C)CC2)c2cc(C#CC(C)(C)C)sc2C(=O)OC)CC1. The van der Waals surface area contributed by atoms with Gasteiger partial charge in [0, 0.05) is 17.4 Å². The highest BCUT2D eigenvalue weighted by molar-refractivity contribution is 7.15. The molecule has 1 amide bonds. The van der Waals surface area contributed by atoms with Crippen LogP contribution in [0.25, 0.3) is 0 Å². The van der Waals surface area contributed by atoms with Crippen LogP contribution in [0.3, 0.4) is 0 Å². The van der Waals surface area contributed by atoms with Crippen molar-refractivity contribution in [1.82, 2.24) is 0 Å². The van der Waals surface area contributed by atoms with Crippen LogP contribution in [0.4, 0.5) is 5.69 Å². The van der Waals surface area contributed by atoms with Crippen LogP contribution in [0.15, 0.2) is 6.07 Å². The molecule has 1 aromatic heterocycles. The van der Waals surface area contributed by atoms with Crippen LogP contribution < -0.4 is 4.90 Å². The molecule has 2 aliphatic carbocycles. The molecular formula is C26H37NO4S. The summed E-state index contributed by atoms with van der Waals surface area (Å²) in [5.41, 5.74) is 0.375. The maximum absolute atomic E-state index is 13.9. The summed E-state index contributed by atoms with van der Waals surface area (Å²) < 4.78 is 13.1. The number of carbonyl (C=O) groups is 2. The van der Waals surface area contributed by atoms with E-state index in [4.69, 9.17) is 6.11 Å². The third-order valence-electron chi connectivity index (χ3n) is 6.40. The summed E-state index contributed by atoms with van der Waals surface area (Å²) >= 11 is 1.26. The summed E-state index contributed by atoms with van der Waals surface area (Å²) in [4.78, 5) is 29.5. The molecule has 0 bridgehead atoms. The summed E-state index contributed by atoms with van der Waals surface area (Å²) in [7, 11) is 1.35. The number of rotatable bonds is 4. The summed E-state index contributed by atoms with van der Waals surface area (Å²) in [5.74, 6) is 6.50. The number of anilines is 1. The predicted molar refractivity (Wildman–Crippen MR) is 129 cm³/mol. The maximum Gasteiger partial charge on any atom is 0.350 e. The van der Waals surface area contributed by atoms with Gasteiger partial charge in [0.05, 0.1) is 25.1 Å². The molecule has 0 aromatic carbocycles. The van der Waals surface area contributed by atoms with Crippen molar-refractivity contribution >= 4 is 28.9 Å². The molecule has 3 rings (SSSR count). The molecule has 0 atom stereocenters. The predicted octanol–water partition coefficient (Wildman–Crippen LogP) is 5.40. The second-order valence-corrected chi connectivity index (χ2v) is 11.3. The van der Waals surface area contributed by atoms with Crippen molar-refractivity contribution in [1.29, 1.82) is 0 Å². The van der Waals surface area contributed by atoms with E-state index in [0.717, 1.165) is 30.6 Å². The fourth-order valence-corrected chi connectivity index (χ4v) is 5.42. The van der Waals surface area contributed by atoms with Gasteiger partial charge in [-0.15, -0.1) is 11.3 Å². The zero-order valence-electron chi connectivity index (χ0n) is 21.0. The number of thiophene rings is 1. The van der Waals surface area contributed by atoms with Crippen molar-refractivity contribution in [3.8, 4) is 11.8 Å². The Morgan fingerprint density at radius 1 is 1.16 bits per heavy atom. The lowest BCUT2D eigenvalue weighted by atomic mass is 9.81. The number of esters is 1. The molecule has 176 valence electrons. The van der Waals surface area contributed by atoms with E-state index in [1.54, 1.807) is 4.90 Å². The Kier molecular flexibility index (Phi) is 7.58. The number of amides is 1. The van der Waals surface area contributed by atoms with Crippen molar-refractivity contribution < 1.29 is 20.8 Å². The van der Waals surface area contributed by atoms with E-state index in [-0.39, 0.29) is 23.3 Å². The van der Waals surface area contributed by atoms with Gasteiger partial charge in [-0.2, -0.15) is 0 Å². The normalized spacial score (nSPS) is 28.8. The molecule has 1 aromatic rings. The van der Waals surface area contributed by atoms with Gasteiger partial charge < -0.3 is 14.7 Å². The lowest BCUT2D eigenvalue weighted by molar-refractivity contribution is -0.124. The van der Waals surface area contributed by atoms with Gasteiger partial charge in [-0.1, -0.05) is 18.8 Å². The van der Waals surface area contributed by atoms with Crippen LogP contribution in [-0.2, 0) is 9.53 Å². The molecule has 6 heteroatoms. The lowest BCUT2D eigenvalue weighted by Crippen LogP contribution is -2.47. The Balaban J connectivity index is 2.03. The summed E-state index contributed by atoms with van der Waals surface area (Å²) in [6.45, 7) is 8.31. The lowest BCUT2D eigenvalue weighted by Gasteiger charge is -2.38. The number of hydrogen-bond donors (Lipinski definition) is 1. The van der Waals surface area contributed by atoms with E-state index >= 15 is 0 Å². The van der Waals surface area contributed by atoms with Crippen LogP contribution in [0, 0.1) is 29.1 Å². The van der Waals surface area contributed by atoms with Crippen molar-refractivity contribution in [2.45, 2.75) is 91.2 Å². The minimum absolute atomic E-state index is 0.0422. The number of carbonyl (C=O) groups excluding carboxylic acids is 2. The molecule has 0 spiro atoms. The molecule has 1 heterocycles.